The van der Waals surface area contributed by atoms with Crippen molar-refractivity contribution in [2.24, 2.45) is 0 Å². The highest BCUT2D eigenvalue weighted by molar-refractivity contribution is 5.71. The maximum atomic E-state index is 11.5. The van der Waals surface area contributed by atoms with Gasteiger partial charge in [-0.2, -0.15) is 4.98 Å². The first-order chi connectivity index (χ1) is 12.7. The van der Waals surface area contributed by atoms with Gasteiger partial charge in [-0.15, -0.1) is 0 Å². The minimum atomic E-state index is -0.388. The molecule has 1 aliphatic rings. The van der Waals surface area contributed by atoms with Gasteiger partial charge in [0, 0.05) is 23.9 Å². The quantitative estimate of drug-likeness (QED) is 0.545. The van der Waals surface area contributed by atoms with E-state index in [2.05, 4.69) is 20.4 Å². The van der Waals surface area contributed by atoms with Crippen molar-refractivity contribution >= 4 is 11.4 Å². The summed E-state index contributed by atoms with van der Waals surface area (Å²) in [6.07, 6.45) is 6.02. The van der Waals surface area contributed by atoms with E-state index >= 15 is 0 Å². The number of hydrogen-bond donors (Lipinski definition) is 1. The number of nitro groups is 1. The molecule has 0 bridgehead atoms. The number of anilines is 1. The third-order valence-corrected chi connectivity index (χ3v) is 4.48. The summed E-state index contributed by atoms with van der Waals surface area (Å²) in [5.74, 6) is 0.567. The minimum Gasteiger partial charge on any atom is -0.377 e. The van der Waals surface area contributed by atoms with Gasteiger partial charge in [0.05, 0.1) is 4.92 Å². The van der Waals surface area contributed by atoms with Gasteiger partial charge in [-0.25, -0.2) is 0 Å². The van der Waals surface area contributed by atoms with Crippen molar-refractivity contribution < 1.29 is 9.45 Å². The first-order valence-electron chi connectivity index (χ1n) is 8.51. The van der Waals surface area contributed by atoms with Crippen LogP contribution in [0.15, 0.2) is 47.1 Å². The highest BCUT2D eigenvalue weighted by atomic mass is 16.6. The molecular formula is C18H17N5O3. The van der Waals surface area contributed by atoms with Crippen molar-refractivity contribution in [2.45, 2.75) is 31.7 Å². The molecule has 1 saturated carbocycles. The molecule has 0 spiro atoms. The molecule has 4 rings (SSSR count). The van der Waals surface area contributed by atoms with Crippen molar-refractivity contribution in [3.63, 3.8) is 0 Å². The summed E-state index contributed by atoms with van der Waals surface area (Å²) in [6, 6.07) is 10.6. The third kappa shape index (κ3) is 3.26. The monoisotopic (exact) mass is 351 g/mol. The molecule has 2 aromatic heterocycles. The second-order valence-electron chi connectivity index (χ2n) is 6.25. The summed E-state index contributed by atoms with van der Waals surface area (Å²) in [6.45, 7) is 0. The molecular weight excluding hydrogens is 334 g/mol. The normalized spacial score (nSPS) is 14.5. The van der Waals surface area contributed by atoms with Crippen LogP contribution in [-0.4, -0.2) is 26.1 Å². The molecule has 26 heavy (non-hydrogen) atoms. The van der Waals surface area contributed by atoms with Crippen molar-refractivity contribution in [3.8, 4) is 23.0 Å². The van der Waals surface area contributed by atoms with Crippen LogP contribution in [0.2, 0.25) is 0 Å². The molecule has 8 nitrogen and oxygen atoms in total. The molecule has 1 N–H and O–H groups in total. The Morgan fingerprint density at radius 2 is 2.04 bits per heavy atom. The molecule has 1 aliphatic carbocycles. The number of nitro benzene ring substituents is 1. The lowest BCUT2D eigenvalue weighted by atomic mass is 10.1. The minimum absolute atomic E-state index is 0.0126. The third-order valence-electron chi connectivity index (χ3n) is 4.48. The van der Waals surface area contributed by atoms with E-state index in [1.807, 2.05) is 6.07 Å². The lowest BCUT2D eigenvalue weighted by Gasteiger charge is -2.13. The van der Waals surface area contributed by atoms with E-state index in [0.717, 1.165) is 25.7 Å². The molecule has 0 atom stereocenters. The topological polar surface area (TPSA) is 107 Å². The van der Waals surface area contributed by atoms with E-state index < -0.39 is 0 Å². The Morgan fingerprint density at radius 3 is 2.77 bits per heavy atom. The maximum absolute atomic E-state index is 11.5. The van der Waals surface area contributed by atoms with Gasteiger partial charge in [-0.1, -0.05) is 24.1 Å². The van der Waals surface area contributed by atoms with Crippen molar-refractivity contribution in [1.29, 1.82) is 0 Å². The van der Waals surface area contributed by atoms with E-state index in [1.54, 1.807) is 30.5 Å². The van der Waals surface area contributed by atoms with Gasteiger partial charge in [0.25, 0.3) is 11.6 Å². The van der Waals surface area contributed by atoms with E-state index in [4.69, 9.17) is 4.52 Å². The summed E-state index contributed by atoms with van der Waals surface area (Å²) >= 11 is 0. The smallest absolute Gasteiger partial charge is 0.293 e. The Hall–Kier alpha value is -3.29. The molecule has 0 saturated heterocycles. The Balaban J connectivity index is 1.64. The highest BCUT2D eigenvalue weighted by Gasteiger charge is 2.22. The summed E-state index contributed by atoms with van der Waals surface area (Å²) in [7, 11) is 0. The zero-order valence-electron chi connectivity index (χ0n) is 14.0. The van der Waals surface area contributed by atoms with Crippen LogP contribution in [0.3, 0.4) is 0 Å². The predicted octanol–water partition coefficient (Wildman–Crippen LogP) is 4.06. The fourth-order valence-electron chi connectivity index (χ4n) is 3.17. The number of hydrogen-bond acceptors (Lipinski definition) is 7. The van der Waals surface area contributed by atoms with Crippen LogP contribution in [0.5, 0.6) is 0 Å². The Bertz CT molecular complexity index is 920. The van der Waals surface area contributed by atoms with Crippen LogP contribution in [0.1, 0.15) is 25.7 Å². The van der Waals surface area contributed by atoms with Crippen molar-refractivity contribution in [1.82, 2.24) is 15.1 Å². The van der Waals surface area contributed by atoms with Crippen LogP contribution in [0, 0.1) is 10.1 Å². The second-order valence-corrected chi connectivity index (χ2v) is 6.25. The predicted molar refractivity (Wildman–Crippen MR) is 95.5 cm³/mol. The lowest BCUT2D eigenvalue weighted by Crippen LogP contribution is -2.15. The van der Waals surface area contributed by atoms with Crippen LogP contribution in [0.4, 0.5) is 11.4 Å². The number of nitrogens with zero attached hydrogens (tertiary/aromatic N) is 4. The van der Waals surface area contributed by atoms with Crippen LogP contribution in [-0.2, 0) is 0 Å². The molecule has 1 fully saturated rings. The molecule has 132 valence electrons. The largest absolute Gasteiger partial charge is 0.377 e. The standard InChI is InChI=1S/C18H17N5O3/c24-23(25)16-11-12(8-9-14(16)20-13-5-1-2-6-13)17-21-18(26-22-17)15-7-3-4-10-19-15/h3-4,7-11,13,20H,1-2,5-6H2. The van der Waals surface area contributed by atoms with Crippen LogP contribution in [0.25, 0.3) is 23.0 Å². The number of nitrogens with one attached hydrogen (secondary N) is 1. The first-order valence-corrected chi connectivity index (χ1v) is 8.51. The van der Waals surface area contributed by atoms with Gasteiger partial charge in [-0.3, -0.25) is 15.1 Å². The van der Waals surface area contributed by atoms with E-state index in [9.17, 15) is 10.1 Å². The summed E-state index contributed by atoms with van der Waals surface area (Å²) in [5, 5.41) is 18.7. The fourth-order valence-corrected chi connectivity index (χ4v) is 3.17. The average molecular weight is 351 g/mol. The van der Waals surface area contributed by atoms with Gasteiger partial charge in [0.2, 0.25) is 5.82 Å². The van der Waals surface area contributed by atoms with Gasteiger partial charge in [-0.05, 0) is 37.1 Å². The van der Waals surface area contributed by atoms with Crippen molar-refractivity contribution in [3.05, 3.63) is 52.7 Å². The number of aromatic nitrogens is 3. The average Bonchev–Trinajstić information content (AvgIpc) is 3.34. The molecule has 0 unspecified atom stereocenters. The Kier molecular flexibility index (Phi) is 4.30. The molecule has 0 amide bonds. The Labute approximate surface area is 149 Å². The molecule has 0 aliphatic heterocycles. The summed E-state index contributed by atoms with van der Waals surface area (Å²) in [4.78, 5) is 19.6. The van der Waals surface area contributed by atoms with Gasteiger partial charge in [0.15, 0.2) is 0 Å². The number of rotatable bonds is 5. The number of benzene rings is 1. The highest BCUT2D eigenvalue weighted by Crippen LogP contribution is 2.32. The molecule has 2 heterocycles. The van der Waals surface area contributed by atoms with Crippen LogP contribution < -0.4 is 5.32 Å². The molecule has 3 aromatic rings. The van der Waals surface area contributed by atoms with Gasteiger partial charge in [0.1, 0.15) is 11.4 Å². The number of pyridine rings is 1. The van der Waals surface area contributed by atoms with Gasteiger partial charge >= 0.3 is 0 Å². The van der Waals surface area contributed by atoms with Gasteiger partial charge < -0.3 is 9.84 Å². The zero-order chi connectivity index (χ0) is 17.9. The maximum Gasteiger partial charge on any atom is 0.293 e. The lowest BCUT2D eigenvalue weighted by molar-refractivity contribution is -0.383. The van der Waals surface area contributed by atoms with Crippen LogP contribution >= 0.6 is 0 Å². The second kappa shape index (κ2) is 6.91. The van der Waals surface area contributed by atoms with E-state index in [1.165, 1.54) is 6.07 Å². The van der Waals surface area contributed by atoms with E-state index in [-0.39, 0.29) is 16.5 Å². The summed E-state index contributed by atoms with van der Waals surface area (Å²) in [5.41, 5.74) is 1.62. The Morgan fingerprint density at radius 1 is 1.19 bits per heavy atom. The first kappa shape index (κ1) is 16.2. The molecule has 0 radical (unpaired) electrons. The molecule has 8 heteroatoms. The fraction of sp³-hybridized carbons (Fsp3) is 0.278. The SMILES string of the molecule is O=[N+]([O-])c1cc(-c2noc(-c3ccccn3)n2)ccc1NC1CCCC1. The van der Waals surface area contributed by atoms with E-state index in [0.29, 0.717) is 28.8 Å². The summed E-state index contributed by atoms with van der Waals surface area (Å²) < 4.78 is 5.23. The molecule has 1 aromatic carbocycles. The zero-order valence-corrected chi connectivity index (χ0v) is 14.0. The van der Waals surface area contributed by atoms with Crippen molar-refractivity contribution in [2.75, 3.05) is 5.32 Å².